The number of rotatable bonds is 7. The summed E-state index contributed by atoms with van der Waals surface area (Å²) in [4.78, 5) is 19.1. The van der Waals surface area contributed by atoms with Crippen LogP contribution in [0.15, 0.2) is 54.7 Å². The van der Waals surface area contributed by atoms with Crippen molar-refractivity contribution >= 4 is 38.2 Å². The number of nitrogens with zero attached hydrogens (tertiary/aromatic N) is 2. The molecule has 186 valence electrons. The SMILES string of the molecule is COc1ccc(Nc2ccc3nccc(C(=O)N4CCCC4CNS(=O)(=O)C(F)(F)F)c3c2)cc1. The number of anilines is 2. The summed E-state index contributed by atoms with van der Waals surface area (Å²) in [6, 6.07) is 13.5. The topological polar surface area (TPSA) is 101 Å². The Labute approximate surface area is 200 Å². The highest BCUT2D eigenvalue weighted by Gasteiger charge is 2.46. The van der Waals surface area contributed by atoms with Crippen LogP contribution < -0.4 is 14.8 Å². The van der Waals surface area contributed by atoms with Gasteiger partial charge in [0.15, 0.2) is 0 Å². The second-order valence-corrected chi connectivity index (χ2v) is 9.79. The molecule has 1 saturated heterocycles. The number of ether oxygens (including phenoxy) is 1. The molecule has 0 radical (unpaired) electrons. The van der Waals surface area contributed by atoms with E-state index in [1.807, 2.05) is 18.2 Å². The highest BCUT2D eigenvalue weighted by molar-refractivity contribution is 7.90. The van der Waals surface area contributed by atoms with E-state index in [4.69, 9.17) is 4.74 Å². The molecule has 2 heterocycles. The standard InChI is InChI=1S/C23H23F3N4O4S/c1-34-18-7-4-15(5-8-18)29-16-6-9-21-20(13-16)19(10-11-27-21)22(31)30-12-2-3-17(30)14-28-35(32,33)23(24,25)26/h4-11,13,17,28-29H,2-3,12,14H2,1H3. The number of halogens is 3. The molecule has 1 atom stereocenters. The lowest BCUT2D eigenvalue weighted by Gasteiger charge is -2.25. The zero-order valence-corrected chi connectivity index (χ0v) is 19.5. The van der Waals surface area contributed by atoms with Crippen molar-refractivity contribution in [3.8, 4) is 5.75 Å². The monoisotopic (exact) mass is 508 g/mol. The number of fused-ring (bicyclic) bond motifs is 1. The van der Waals surface area contributed by atoms with Gasteiger partial charge in [-0.05, 0) is 61.4 Å². The molecule has 0 spiro atoms. The molecular formula is C23H23F3N4O4S. The molecule has 2 aromatic carbocycles. The zero-order valence-electron chi connectivity index (χ0n) is 18.7. The van der Waals surface area contributed by atoms with Crippen LogP contribution in [0.2, 0.25) is 0 Å². The van der Waals surface area contributed by atoms with E-state index in [-0.39, 0.29) is 0 Å². The van der Waals surface area contributed by atoms with Crippen LogP contribution in [0.25, 0.3) is 10.9 Å². The highest BCUT2D eigenvalue weighted by Crippen LogP contribution is 2.28. The van der Waals surface area contributed by atoms with E-state index in [1.54, 1.807) is 42.2 Å². The third-order valence-electron chi connectivity index (χ3n) is 5.80. The third-order valence-corrected chi connectivity index (χ3v) is 6.96. The second kappa shape index (κ2) is 9.70. The number of sulfonamides is 1. The molecule has 2 N–H and O–H groups in total. The van der Waals surface area contributed by atoms with E-state index in [0.717, 1.165) is 5.69 Å². The van der Waals surface area contributed by atoms with Crippen molar-refractivity contribution in [1.29, 1.82) is 0 Å². The minimum atomic E-state index is -5.49. The van der Waals surface area contributed by atoms with E-state index in [2.05, 4.69) is 10.3 Å². The van der Waals surface area contributed by atoms with Crippen molar-refractivity contribution < 1.29 is 31.1 Å². The lowest BCUT2D eigenvalue weighted by molar-refractivity contribution is -0.0448. The normalized spacial score (nSPS) is 16.5. The van der Waals surface area contributed by atoms with Crippen LogP contribution in [-0.2, 0) is 10.0 Å². The summed E-state index contributed by atoms with van der Waals surface area (Å²) < 4.78 is 67.6. The molecule has 12 heteroatoms. The molecule has 8 nitrogen and oxygen atoms in total. The Hall–Kier alpha value is -3.38. The first kappa shape index (κ1) is 24.7. The maximum atomic E-state index is 13.4. The quantitative estimate of drug-likeness (QED) is 0.500. The van der Waals surface area contributed by atoms with Gasteiger partial charge in [-0.3, -0.25) is 9.78 Å². The van der Waals surface area contributed by atoms with Gasteiger partial charge in [0.1, 0.15) is 5.75 Å². The molecule has 1 aromatic heterocycles. The van der Waals surface area contributed by atoms with Crippen LogP contribution in [0, 0.1) is 0 Å². The van der Waals surface area contributed by atoms with Crippen molar-refractivity contribution in [3.63, 3.8) is 0 Å². The number of amides is 1. The summed E-state index contributed by atoms with van der Waals surface area (Å²) in [5, 5.41) is 3.82. The fourth-order valence-electron chi connectivity index (χ4n) is 4.01. The molecule has 0 saturated carbocycles. The van der Waals surface area contributed by atoms with Crippen LogP contribution >= 0.6 is 0 Å². The molecule has 1 fully saturated rings. The molecule has 35 heavy (non-hydrogen) atoms. The number of nitrogens with one attached hydrogen (secondary N) is 2. The molecule has 0 bridgehead atoms. The van der Waals surface area contributed by atoms with Gasteiger partial charge >= 0.3 is 15.5 Å². The summed E-state index contributed by atoms with van der Waals surface area (Å²) in [6.07, 6.45) is 2.43. The average Bonchev–Trinajstić information content (AvgIpc) is 3.30. The maximum Gasteiger partial charge on any atom is 0.511 e. The summed E-state index contributed by atoms with van der Waals surface area (Å²) >= 11 is 0. The van der Waals surface area contributed by atoms with E-state index in [1.165, 1.54) is 11.1 Å². The molecule has 3 aromatic rings. The van der Waals surface area contributed by atoms with E-state index < -0.39 is 34.0 Å². The smallest absolute Gasteiger partial charge is 0.497 e. The van der Waals surface area contributed by atoms with Gasteiger partial charge in [-0.1, -0.05) is 0 Å². The van der Waals surface area contributed by atoms with Crippen molar-refractivity contribution in [3.05, 3.63) is 60.3 Å². The Morgan fingerprint density at radius 2 is 1.86 bits per heavy atom. The predicted molar refractivity (Wildman–Crippen MR) is 125 cm³/mol. The van der Waals surface area contributed by atoms with Gasteiger partial charge in [0, 0.05) is 42.1 Å². The van der Waals surface area contributed by atoms with Crippen LogP contribution in [-0.4, -0.2) is 56.0 Å². The average molecular weight is 509 g/mol. The van der Waals surface area contributed by atoms with Gasteiger partial charge < -0.3 is 15.0 Å². The molecule has 1 unspecified atom stereocenters. The summed E-state index contributed by atoms with van der Waals surface area (Å²) in [5.41, 5.74) is -2.99. The van der Waals surface area contributed by atoms with Crippen molar-refractivity contribution in [2.45, 2.75) is 24.4 Å². The van der Waals surface area contributed by atoms with Crippen molar-refractivity contribution in [2.24, 2.45) is 0 Å². The molecule has 4 rings (SSSR count). The fourth-order valence-corrected chi connectivity index (χ4v) is 4.58. The Bertz CT molecular complexity index is 1330. The molecule has 1 aliphatic rings. The van der Waals surface area contributed by atoms with Gasteiger partial charge in [0.2, 0.25) is 0 Å². The largest absolute Gasteiger partial charge is 0.511 e. The summed E-state index contributed by atoms with van der Waals surface area (Å²) in [6.45, 7) is -0.203. The number of carbonyl (C=O) groups is 1. The number of aromatic nitrogens is 1. The first-order chi connectivity index (χ1) is 16.6. The van der Waals surface area contributed by atoms with E-state index in [0.29, 0.717) is 47.3 Å². The van der Waals surface area contributed by atoms with Crippen LogP contribution in [0.1, 0.15) is 23.2 Å². The Kier molecular flexibility index (Phi) is 6.86. The maximum absolute atomic E-state index is 13.4. The molecule has 0 aliphatic carbocycles. The number of hydrogen-bond acceptors (Lipinski definition) is 6. The van der Waals surface area contributed by atoms with Crippen LogP contribution in [0.4, 0.5) is 24.5 Å². The minimum Gasteiger partial charge on any atom is -0.497 e. The van der Waals surface area contributed by atoms with Crippen LogP contribution in [0.5, 0.6) is 5.75 Å². The van der Waals surface area contributed by atoms with Crippen molar-refractivity contribution in [1.82, 2.24) is 14.6 Å². The van der Waals surface area contributed by atoms with Gasteiger partial charge in [-0.25, -0.2) is 13.1 Å². The summed E-state index contributed by atoms with van der Waals surface area (Å²) in [5.74, 6) is 0.316. The number of hydrogen-bond donors (Lipinski definition) is 2. The lowest BCUT2D eigenvalue weighted by atomic mass is 10.1. The van der Waals surface area contributed by atoms with E-state index >= 15 is 0 Å². The number of pyridine rings is 1. The van der Waals surface area contributed by atoms with Gasteiger partial charge in [-0.15, -0.1) is 0 Å². The minimum absolute atomic E-state index is 0.310. The van der Waals surface area contributed by atoms with E-state index in [9.17, 15) is 26.4 Å². The van der Waals surface area contributed by atoms with Gasteiger partial charge in [0.05, 0.1) is 18.2 Å². The zero-order chi connectivity index (χ0) is 25.2. The predicted octanol–water partition coefficient (Wildman–Crippen LogP) is 4.03. The first-order valence-corrected chi connectivity index (χ1v) is 12.2. The Balaban J connectivity index is 1.57. The number of methoxy groups -OCH3 is 1. The van der Waals surface area contributed by atoms with Crippen LogP contribution in [0.3, 0.4) is 0 Å². The molecule has 1 amide bonds. The fraction of sp³-hybridized carbons (Fsp3) is 0.304. The second-order valence-electron chi connectivity index (χ2n) is 8.04. The van der Waals surface area contributed by atoms with Gasteiger partial charge in [-0.2, -0.15) is 13.2 Å². The molecule has 1 aliphatic heterocycles. The number of alkyl halides is 3. The van der Waals surface area contributed by atoms with Crippen molar-refractivity contribution in [2.75, 3.05) is 25.5 Å². The van der Waals surface area contributed by atoms with Gasteiger partial charge in [0.25, 0.3) is 5.91 Å². The Morgan fingerprint density at radius 1 is 1.14 bits per heavy atom. The summed E-state index contributed by atoms with van der Waals surface area (Å²) in [7, 11) is -3.91. The lowest BCUT2D eigenvalue weighted by Crippen LogP contribution is -2.46. The highest BCUT2D eigenvalue weighted by atomic mass is 32.2. The molecular weight excluding hydrogens is 485 g/mol. The number of benzene rings is 2. The Morgan fingerprint density at radius 3 is 2.54 bits per heavy atom. The third kappa shape index (κ3) is 5.33. The first-order valence-electron chi connectivity index (χ1n) is 10.8. The number of carbonyl (C=O) groups excluding carboxylic acids is 1. The number of likely N-dealkylation sites (tertiary alicyclic amines) is 1.